The first kappa shape index (κ1) is 70.1. The van der Waals surface area contributed by atoms with E-state index in [4.69, 9.17) is 42.0 Å². The Hall–Kier alpha value is -2.96. The highest BCUT2D eigenvalue weighted by Crippen LogP contribution is 2.51. The molecule has 1 rings (SSSR count). The van der Waals surface area contributed by atoms with E-state index in [1.165, 1.54) is 70.6 Å². The van der Waals surface area contributed by atoms with Gasteiger partial charge in [0.1, 0.15) is 6.61 Å². The van der Waals surface area contributed by atoms with Gasteiger partial charge in [0.05, 0.1) is 6.61 Å². The smallest absolute Gasteiger partial charge is 0.462 e. The molecule has 0 radical (unpaired) electrons. The summed E-state index contributed by atoms with van der Waals surface area (Å²) in [6.07, 6.45) is 8.83. The highest BCUT2D eigenvalue weighted by atomic mass is 31.2. The fourth-order valence-electron chi connectivity index (χ4n) is 8.56. The molecular weight excluding hydrogens is 1020 g/mol. The average molecular weight is 1120 g/mol. The Morgan fingerprint density at radius 3 is 0.987 bits per heavy atom. The summed E-state index contributed by atoms with van der Waals surface area (Å²) >= 11 is 0. The molecule has 1 aliphatic carbocycles. The summed E-state index contributed by atoms with van der Waals surface area (Å²) < 4.78 is 76.8. The van der Waals surface area contributed by atoms with Gasteiger partial charge in [0.25, 0.3) is 0 Å². The van der Waals surface area contributed by atoms with Gasteiger partial charge in [-0.25, -0.2) is 9.13 Å². The zero-order valence-electron chi connectivity index (χ0n) is 46.3. The quantitative estimate of drug-likeness (QED) is 0.0221. The molecular formula is C53H96O20P2. The molecule has 20 nitrogen and oxygen atoms in total. The molecule has 438 valence electrons. The first-order valence-electron chi connectivity index (χ1n) is 28.4. The molecule has 0 aromatic carbocycles. The molecule has 1 fully saturated rings. The van der Waals surface area contributed by atoms with Gasteiger partial charge in [0, 0.05) is 38.5 Å². The third-order valence-electron chi connectivity index (χ3n) is 12.5. The van der Waals surface area contributed by atoms with E-state index in [1.54, 1.807) is 27.7 Å². The van der Waals surface area contributed by atoms with Gasteiger partial charge in [0.15, 0.2) is 42.7 Å². The maximum absolute atomic E-state index is 14.2. The number of esters is 6. The maximum Gasteiger partial charge on any atom is 0.472 e. The van der Waals surface area contributed by atoms with Crippen LogP contribution in [0.3, 0.4) is 0 Å². The summed E-state index contributed by atoms with van der Waals surface area (Å²) in [6, 6.07) is 0. The predicted octanol–water partition coefficient (Wildman–Crippen LogP) is 11.7. The Morgan fingerprint density at radius 1 is 0.360 bits per heavy atom. The number of ether oxygens (including phenoxy) is 6. The van der Waals surface area contributed by atoms with E-state index in [-0.39, 0.29) is 64.2 Å². The molecule has 3 N–H and O–H groups in total. The molecule has 0 bridgehead atoms. The van der Waals surface area contributed by atoms with E-state index in [0.29, 0.717) is 12.8 Å². The standard InChI is InChI=1S/C53H96O20P2/c1-7-13-15-17-19-21-23-25-27-29-31-37-42(54)65-39-41(67-47(59)38-32-30-28-26-24-22-20-18-16-14-8-2)40-66-75(63,64)73-53-50(70-45(57)35-11-5)48(68-43(55)33-9-3)52(72-74(60,61)62)49(69-44(56)34-10-4)51(53)71-46(58)36-12-6/h41,48-53H,7-40H2,1-6H3,(H,63,64)(H2,60,61,62)/t41-,48-,49+,50-,51-,52?,53?/m1/s1. The van der Waals surface area contributed by atoms with Crippen LogP contribution in [0.5, 0.6) is 0 Å². The number of hydrogen-bond donors (Lipinski definition) is 3. The van der Waals surface area contributed by atoms with E-state index in [1.807, 2.05) is 0 Å². The summed E-state index contributed by atoms with van der Waals surface area (Å²) in [5, 5.41) is 0. The lowest BCUT2D eigenvalue weighted by Gasteiger charge is -2.47. The number of carbonyl (C=O) groups excluding carboxylic acids is 6. The van der Waals surface area contributed by atoms with Crippen LogP contribution in [-0.2, 0) is 79.9 Å². The van der Waals surface area contributed by atoms with Crippen LogP contribution in [0.2, 0.25) is 0 Å². The zero-order valence-corrected chi connectivity index (χ0v) is 48.0. The van der Waals surface area contributed by atoms with Gasteiger partial charge in [-0.1, -0.05) is 170 Å². The van der Waals surface area contributed by atoms with Crippen molar-refractivity contribution in [1.82, 2.24) is 0 Å². The van der Waals surface area contributed by atoms with Crippen molar-refractivity contribution < 1.29 is 94.6 Å². The van der Waals surface area contributed by atoms with Crippen molar-refractivity contribution in [3.63, 3.8) is 0 Å². The lowest BCUT2D eigenvalue weighted by Crippen LogP contribution is -2.68. The molecule has 3 unspecified atom stereocenters. The largest absolute Gasteiger partial charge is 0.472 e. The number of rotatable bonds is 46. The number of hydrogen-bond acceptors (Lipinski definition) is 17. The second-order valence-corrected chi connectivity index (χ2v) is 22.2. The van der Waals surface area contributed by atoms with Crippen molar-refractivity contribution >= 4 is 51.5 Å². The molecule has 22 heteroatoms. The zero-order chi connectivity index (χ0) is 55.9. The molecule has 1 saturated carbocycles. The van der Waals surface area contributed by atoms with Crippen molar-refractivity contribution in [2.24, 2.45) is 0 Å². The van der Waals surface area contributed by atoms with Crippen LogP contribution in [0.25, 0.3) is 0 Å². The topological polar surface area (TPSA) is 280 Å². The first-order valence-corrected chi connectivity index (χ1v) is 31.4. The van der Waals surface area contributed by atoms with Gasteiger partial charge in [-0.3, -0.25) is 42.3 Å². The Bertz CT molecular complexity index is 1640. The summed E-state index contributed by atoms with van der Waals surface area (Å²) in [4.78, 5) is 111. The minimum atomic E-state index is -5.63. The highest BCUT2D eigenvalue weighted by Gasteiger charge is 2.62. The van der Waals surface area contributed by atoms with Crippen LogP contribution >= 0.6 is 15.6 Å². The molecule has 8 atom stereocenters. The van der Waals surface area contributed by atoms with Gasteiger partial charge in [-0.05, 0) is 38.5 Å². The van der Waals surface area contributed by atoms with Crippen molar-refractivity contribution in [1.29, 1.82) is 0 Å². The van der Waals surface area contributed by atoms with Crippen molar-refractivity contribution in [3.8, 4) is 0 Å². The fourth-order valence-corrected chi connectivity index (χ4v) is 10.1. The van der Waals surface area contributed by atoms with Crippen molar-refractivity contribution in [2.45, 2.75) is 290 Å². The number of phosphoric acid groups is 2. The molecule has 75 heavy (non-hydrogen) atoms. The van der Waals surface area contributed by atoms with Gasteiger partial charge < -0.3 is 43.1 Å². The van der Waals surface area contributed by atoms with Gasteiger partial charge in [-0.15, -0.1) is 0 Å². The minimum absolute atomic E-state index is 0.000687. The molecule has 0 heterocycles. The second-order valence-electron chi connectivity index (χ2n) is 19.6. The Morgan fingerprint density at radius 2 is 0.667 bits per heavy atom. The monoisotopic (exact) mass is 1110 g/mol. The lowest BCUT2D eigenvalue weighted by atomic mass is 9.84. The summed E-state index contributed by atoms with van der Waals surface area (Å²) in [5.41, 5.74) is 0. The number of phosphoric ester groups is 2. The Balaban J connectivity index is 3.51. The molecule has 1 aliphatic rings. The minimum Gasteiger partial charge on any atom is -0.462 e. The van der Waals surface area contributed by atoms with E-state index in [2.05, 4.69) is 13.8 Å². The average Bonchev–Trinajstić information content (AvgIpc) is 3.34. The van der Waals surface area contributed by atoms with Crippen LogP contribution in [0, 0.1) is 0 Å². The predicted molar refractivity (Wildman–Crippen MR) is 280 cm³/mol. The third kappa shape index (κ3) is 33.8. The second kappa shape index (κ2) is 42.0. The summed E-state index contributed by atoms with van der Waals surface area (Å²) in [6.45, 7) is 9.41. The first-order chi connectivity index (χ1) is 35.8. The van der Waals surface area contributed by atoms with Gasteiger partial charge in [0.2, 0.25) is 0 Å². The van der Waals surface area contributed by atoms with Gasteiger partial charge >= 0.3 is 51.5 Å². The maximum atomic E-state index is 14.2. The number of carbonyl (C=O) groups is 6. The lowest BCUT2D eigenvalue weighted by molar-refractivity contribution is -0.248. The van der Waals surface area contributed by atoms with Crippen LogP contribution in [0.1, 0.15) is 247 Å². The highest BCUT2D eigenvalue weighted by molar-refractivity contribution is 7.47. The van der Waals surface area contributed by atoms with Crippen molar-refractivity contribution in [3.05, 3.63) is 0 Å². The molecule has 0 amide bonds. The van der Waals surface area contributed by atoms with Gasteiger partial charge in [-0.2, -0.15) is 0 Å². The molecule has 0 aromatic rings. The molecule has 0 saturated heterocycles. The third-order valence-corrected chi connectivity index (χ3v) is 14.0. The van der Waals surface area contributed by atoms with Crippen molar-refractivity contribution in [2.75, 3.05) is 13.2 Å². The van der Waals surface area contributed by atoms with E-state index >= 15 is 0 Å². The Labute approximate surface area is 447 Å². The summed E-state index contributed by atoms with van der Waals surface area (Å²) in [5.74, 6) is -5.28. The normalized spacial score (nSPS) is 19.9. The molecule has 0 spiro atoms. The fraction of sp³-hybridized carbons (Fsp3) is 0.887. The van der Waals surface area contributed by atoms with Crippen LogP contribution in [0.15, 0.2) is 0 Å². The SMILES string of the molecule is CCCCCCCCCCCCCC(=O)OC[C@H](COP(=O)(O)OC1[C@H](OC(=O)CCC)[C@H](OC(=O)CCC)C(OP(=O)(O)O)[C@H](OC(=O)CCC)[C@H]1OC(=O)CCC)OC(=O)CCCCCCCCCCCCC. The van der Waals surface area contributed by atoms with Crippen LogP contribution in [-0.4, -0.2) is 106 Å². The Kier molecular flexibility index (Phi) is 39.3. The van der Waals surface area contributed by atoms with E-state index < -0.39 is 107 Å². The number of unbranched alkanes of at least 4 members (excludes halogenated alkanes) is 20. The molecule has 0 aliphatic heterocycles. The summed E-state index contributed by atoms with van der Waals surface area (Å²) in [7, 11) is -11.2. The van der Waals surface area contributed by atoms with E-state index in [9.17, 15) is 52.6 Å². The van der Waals surface area contributed by atoms with E-state index in [0.717, 1.165) is 57.8 Å². The van der Waals surface area contributed by atoms with Crippen LogP contribution < -0.4 is 0 Å². The van der Waals surface area contributed by atoms with Crippen LogP contribution in [0.4, 0.5) is 0 Å². The molecule has 0 aromatic heterocycles.